The second kappa shape index (κ2) is 8.18. The fraction of sp³-hybridized carbons (Fsp3) is 0.611. The first-order valence-corrected chi connectivity index (χ1v) is 8.33. The Labute approximate surface area is 128 Å². The largest absolute Gasteiger partial charge is 0.338 e. The smallest absolute Gasteiger partial charge is 0.253 e. The molecule has 21 heavy (non-hydrogen) atoms. The third-order valence-electron chi connectivity index (χ3n) is 4.42. The molecule has 0 atom stereocenters. The van der Waals surface area contributed by atoms with Crippen LogP contribution in [0.5, 0.6) is 0 Å². The highest BCUT2D eigenvalue weighted by Crippen LogP contribution is 2.25. The maximum atomic E-state index is 12.7. The van der Waals surface area contributed by atoms with Crippen molar-refractivity contribution in [3.8, 4) is 0 Å². The summed E-state index contributed by atoms with van der Waals surface area (Å²) in [5.41, 5.74) is 7.47. The van der Waals surface area contributed by atoms with E-state index < -0.39 is 0 Å². The van der Waals surface area contributed by atoms with Gasteiger partial charge in [0.05, 0.1) is 0 Å². The number of carbonyl (C=O) groups is 1. The molecule has 1 amide bonds. The number of nitrogens with two attached hydrogens (primary N) is 1. The Morgan fingerprint density at radius 2 is 1.86 bits per heavy atom. The summed E-state index contributed by atoms with van der Waals surface area (Å²) < 4.78 is 0. The lowest BCUT2D eigenvalue weighted by molar-refractivity contribution is 0.0714. The molecule has 1 saturated carbocycles. The van der Waals surface area contributed by atoms with E-state index in [0.717, 1.165) is 30.6 Å². The van der Waals surface area contributed by atoms with Crippen LogP contribution in [-0.4, -0.2) is 23.9 Å². The van der Waals surface area contributed by atoms with E-state index in [9.17, 15) is 4.79 Å². The van der Waals surface area contributed by atoms with Crippen molar-refractivity contribution < 1.29 is 4.79 Å². The van der Waals surface area contributed by atoms with Gasteiger partial charge in [-0.3, -0.25) is 4.79 Å². The van der Waals surface area contributed by atoms with Crippen LogP contribution in [-0.2, 0) is 6.54 Å². The van der Waals surface area contributed by atoms with Crippen molar-refractivity contribution in [2.75, 3.05) is 13.1 Å². The number of carbonyl (C=O) groups excluding carboxylic acids is 1. The van der Waals surface area contributed by atoms with Crippen LogP contribution in [0.3, 0.4) is 0 Å². The minimum Gasteiger partial charge on any atom is -0.338 e. The Morgan fingerprint density at radius 1 is 1.19 bits per heavy atom. The first-order valence-electron chi connectivity index (χ1n) is 8.33. The molecule has 2 rings (SSSR count). The molecular weight excluding hydrogens is 260 g/mol. The van der Waals surface area contributed by atoms with E-state index in [2.05, 4.69) is 6.92 Å². The summed E-state index contributed by atoms with van der Waals surface area (Å²) >= 11 is 0. The van der Waals surface area contributed by atoms with Gasteiger partial charge in [0, 0.05) is 25.2 Å². The molecular formula is C18H28N2O. The van der Waals surface area contributed by atoms with Crippen molar-refractivity contribution in [2.45, 2.75) is 52.0 Å². The molecule has 3 heteroatoms. The number of benzene rings is 1. The zero-order valence-electron chi connectivity index (χ0n) is 13.2. The Bertz CT molecular complexity index is 435. The van der Waals surface area contributed by atoms with Gasteiger partial charge >= 0.3 is 0 Å². The van der Waals surface area contributed by atoms with Crippen LogP contribution in [0, 0.1) is 5.92 Å². The molecule has 0 bridgehead atoms. The van der Waals surface area contributed by atoms with Crippen molar-refractivity contribution in [1.29, 1.82) is 0 Å². The number of amides is 1. The standard InChI is InChI=1S/C18H28N2O/c1-2-12-20(14-16-6-4-3-5-7-16)18(21)17-10-8-15(13-19)9-11-17/h8-11,16H,2-7,12-14,19H2,1H3. The molecule has 0 saturated heterocycles. The van der Waals surface area contributed by atoms with Gasteiger partial charge in [0.2, 0.25) is 0 Å². The maximum Gasteiger partial charge on any atom is 0.253 e. The van der Waals surface area contributed by atoms with E-state index in [1.807, 2.05) is 29.2 Å². The summed E-state index contributed by atoms with van der Waals surface area (Å²) in [5, 5.41) is 0. The zero-order chi connectivity index (χ0) is 15.1. The lowest BCUT2D eigenvalue weighted by atomic mass is 9.89. The Balaban J connectivity index is 2.02. The molecule has 0 radical (unpaired) electrons. The van der Waals surface area contributed by atoms with Crippen LogP contribution in [0.4, 0.5) is 0 Å². The third-order valence-corrected chi connectivity index (χ3v) is 4.42. The molecule has 116 valence electrons. The minimum atomic E-state index is 0.172. The molecule has 0 aromatic heterocycles. The summed E-state index contributed by atoms with van der Waals surface area (Å²) in [4.78, 5) is 14.8. The van der Waals surface area contributed by atoms with Crippen LogP contribution in [0.1, 0.15) is 61.4 Å². The van der Waals surface area contributed by atoms with Gasteiger partial charge in [0.25, 0.3) is 5.91 Å². The van der Waals surface area contributed by atoms with E-state index in [4.69, 9.17) is 5.73 Å². The number of hydrogen-bond acceptors (Lipinski definition) is 2. The molecule has 1 aliphatic rings. The Hall–Kier alpha value is -1.35. The highest BCUT2D eigenvalue weighted by atomic mass is 16.2. The van der Waals surface area contributed by atoms with Crippen molar-refractivity contribution in [3.05, 3.63) is 35.4 Å². The number of hydrogen-bond donors (Lipinski definition) is 1. The van der Waals surface area contributed by atoms with Crippen LogP contribution in [0.25, 0.3) is 0 Å². The molecule has 1 aliphatic carbocycles. The van der Waals surface area contributed by atoms with Gasteiger partial charge in [0.15, 0.2) is 0 Å². The third kappa shape index (κ3) is 4.57. The van der Waals surface area contributed by atoms with Gasteiger partial charge < -0.3 is 10.6 Å². The highest BCUT2D eigenvalue weighted by molar-refractivity contribution is 5.94. The fourth-order valence-electron chi connectivity index (χ4n) is 3.19. The van der Waals surface area contributed by atoms with Gasteiger partial charge in [-0.2, -0.15) is 0 Å². The summed E-state index contributed by atoms with van der Waals surface area (Å²) in [6.07, 6.45) is 7.57. The van der Waals surface area contributed by atoms with E-state index in [-0.39, 0.29) is 5.91 Å². The van der Waals surface area contributed by atoms with E-state index in [1.54, 1.807) is 0 Å². The van der Waals surface area contributed by atoms with Crippen molar-refractivity contribution in [3.63, 3.8) is 0 Å². The monoisotopic (exact) mass is 288 g/mol. The van der Waals surface area contributed by atoms with E-state index in [1.165, 1.54) is 32.1 Å². The second-order valence-electron chi connectivity index (χ2n) is 6.16. The molecule has 0 aliphatic heterocycles. The van der Waals surface area contributed by atoms with Crippen molar-refractivity contribution >= 4 is 5.91 Å². The average Bonchev–Trinajstić information content (AvgIpc) is 2.55. The molecule has 0 spiro atoms. The first kappa shape index (κ1) is 16.0. The van der Waals surface area contributed by atoms with E-state index in [0.29, 0.717) is 12.5 Å². The summed E-state index contributed by atoms with van der Waals surface area (Å²) in [7, 11) is 0. The Morgan fingerprint density at radius 3 is 2.43 bits per heavy atom. The van der Waals surface area contributed by atoms with Crippen LogP contribution < -0.4 is 5.73 Å². The number of nitrogens with zero attached hydrogens (tertiary/aromatic N) is 1. The van der Waals surface area contributed by atoms with Crippen LogP contribution in [0.15, 0.2) is 24.3 Å². The van der Waals surface area contributed by atoms with Gasteiger partial charge in [-0.15, -0.1) is 0 Å². The van der Waals surface area contributed by atoms with Gasteiger partial charge in [-0.1, -0.05) is 38.3 Å². The fourth-order valence-corrected chi connectivity index (χ4v) is 3.19. The molecule has 1 fully saturated rings. The summed E-state index contributed by atoms with van der Waals surface area (Å²) in [5.74, 6) is 0.864. The van der Waals surface area contributed by atoms with Gasteiger partial charge in [-0.25, -0.2) is 0 Å². The molecule has 3 nitrogen and oxygen atoms in total. The maximum absolute atomic E-state index is 12.7. The zero-order valence-corrected chi connectivity index (χ0v) is 13.2. The lowest BCUT2D eigenvalue weighted by Crippen LogP contribution is -2.36. The van der Waals surface area contributed by atoms with Gasteiger partial charge in [-0.05, 0) is 42.9 Å². The average molecular weight is 288 g/mol. The van der Waals surface area contributed by atoms with E-state index >= 15 is 0 Å². The normalized spacial score (nSPS) is 15.9. The van der Waals surface area contributed by atoms with Crippen LogP contribution >= 0.6 is 0 Å². The Kier molecular flexibility index (Phi) is 6.24. The second-order valence-corrected chi connectivity index (χ2v) is 6.16. The topological polar surface area (TPSA) is 46.3 Å². The number of rotatable bonds is 6. The van der Waals surface area contributed by atoms with Gasteiger partial charge in [0.1, 0.15) is 0 Å². The van der Waals surface area contributed by atoms with Crippen molar-refractivity contribution in [2.24, 2.45) is 11.7 Å². The molecule has 1 aromatic rings. The SMILES string of the molecule is CCCN(CC1CCCCC1)C(=O)c1ccc(CN)cc1. The van der Waals surface area contributed by atoms with Crippen molar-refractivity contribution in [1.82, 2.24) is 4.90 Å². The molecule has 0 unspecified atom stereocenters. The first-order chi connectivity index (χ1) is 10.2. The quantitative estimate of drug-likeness (QED) is 0.869. The molecule has 2 N–H and O–H groups in total. The minimum absolute atomic E-state index is 0.172. The summed E-state index contributed by atoms with van der Waals surface area (Å²) in [6, 6.07) is 7.73. The predicted octanol–water partition coefficient (Wildman–Crippen LogP) is 3.58. The molecule has 1 aromatic carbocycles. The van der Waals surface area contributed by atoms with Crippen LogP contribution in [0.2, 0.25) is 0 Å². The summed E-state index contributed by atoms with van der Waals surface area (Å²) in [6.45, 7) is 4.44. The molecule has 0 heterocycles. The highest BCUT2D eigenvalue weighted by Gasteiger charge is 2.21. The predicted molar refractivity (Wildman–Crippen MR) is 87.1 cm³/mol. The lowest BCUT2D eigenvalue weighted by Gasteiger charge is -2.29.